The summed E-state index contributed by atoms with van der Waals surface area (Å²) in [7, 11) is 0. The summed E-state index contributed by atoms with van der Waals surface area (Å²) in [5, 5.41) is 3.61. The molecule has 1 saturated heterocycles. The Kier molecular flexibility index (Phi) is 3.33. The van der Waals surface area contributed by atoms with Crippen LogP contribution in [0.25, 0.3) is 0 Å². The van der Waals surface area contributed by atoms with Crippen molar-refractivity contribution in [1.82, 2.24) is 10.2 Å². The average Bonchev–Trinajstić information content (AvgIpc) is 2.95. The minimum absolute atomic E-state index is 0.388. The van der Waals surface area contributed by atoms with Gasteiger partial charge in [-0.2, -0.15) is 0 Å². The van der Waals surface area contributed by atoms with E-state index in [1.54, 1.807) is 0 Å². The molecular weight excluding hydrogens is 188 g/mol. The van der Waals surface area contributed by atoms with Crippen molar-refractivity contribution in [2.45, 2.75) is 51.3 Å². The quantitative estimate of drug-likeness (QED) is 0.759. The molecule has 0 spiro atoms. The summed E-state index contributed by atoms with van der Waals surface area (Å²) in [6, 6.07) is 0.646. The lowest BCUT2D eigenvalue weighted by molar-refractivity contribution is -0.0383. The average molecular weight is 212 g/mol. The van der Waals surface area contributed by atoms with Crippen molar-refractivity contribution in [1.29, 1.82) is 0 Å². The Morgan fingerprint density at radius 2 is 2.20 bits per heavy atom. The molecule has 3 heteroatoms. The molecule has 1 aliphatic carbocycles. The highest BCUT2D eigenvalue weighted by atomic mass is 16.5. The van der Waals surface area contributed by atoms with Gasteiger partial charge in [0.2, 0.25) is 0 Å². The van der Waals surface area contributed by atoms with Gasteiger partial charge in [0.1, 0.15) is 0 Å². The van der Waals surface area contributed by atoms with Gasteiger partial charge in [0.05, 0.1) is 12.7 Å². The highest BCUT2D eigenvalue weighted by molar-refractivity contribution is 4.98. The second-order valence-corrected chi connectivity index (χ2v) is 5.52. The second-order valence-electron chi connectivity index (χ2n) is 5.52. The zero-order chi connectivity index (χ0) is 10.9. The predicted octanol–water partition coefficient (Wildman–Crippen LogP) is 1.24. The minimum atomic E-state index is 0.388. The highest BCUT2D eigenvalue weighted by Gasteiger charge is 2.37. The molecule has 88 valence electrons. The third-order valence-electron chi connectivity index (χ3n) is 3.66. The summed E-state index contributed by atoms with van der Waals surface area (Å²) in [5.41, 5.74) is 0.434. The van der Waals surface area contributed by atoms with E-state index in [1.165, 1.54) is 12.8 Å². The molecule has 1 saturated carbocycles. The maximum atomic E-state index is 5.78. The third-order valence-corrected chi connectivity index (χ3v) is 3.66. The summed E-state index contributed by atoms with van der Waals surface area (Å²) in [5.74, 6) is 0. The van der Waals surface area contributed by atoms with Gasteiger partial charge < -0.3 is 10.1 Å². The maximum Gasteiger partial charge on any atom is 0.0827 e. The molecule has 0 amide bonds. The van der Waals surface area contributed by atoms with E-state index in [1.807, 2.05) is 0 Å². The van der Waals surface area contributed by atoms with Gasteiger partial charge in [-0.25, -0.2) is 0 Å². The fourth-order valence-electron chi connectivity index (χ4n) is 2.06. The number of hydrogen-bond acceptors (Lipinski definition) is 3. The Balaban J connectivity index is 1.72. The van der Waals surface area contributed by atoms with Crippen LogP contribution in [0.4, 0.5) is 0 Å². The monoisotopic (exact) mass is 212 g/mol. The van der Waals surface area contributed by atoms with E-state index in [0.29, 0.717) is 17.7 Å². The van der Waals surface area contributed by atoms with Crippen LogP contribution >= 0.6 is 0 Å². The molecule has 0 aromatic heterocycles. The van der Waals surface area contributed by atoms with Crippen LogP contribution in [-0.4, -0.2) is 48.8 Å². The van der Waals surface area contributed by atoms with E-state index in [9.17, 15) is 0 Å². The van der Waals surface area contributed by atoms with Gasteiger partial charge in [-0.15, -0.1) is 0 Å². The summed E-state index contributed by atoms with van der Waals surface area (Å²) in [4.78, 5) is 2.51. The molecule has 1 N–H and O–H groups in total. The highest BCUT2D eigenvalue weighted by Crippen LogP contribution is 2.34. The van der Waals surface area contributed by atoms with Crippen LogP contribution in [0.2, 0.25) is 0 Å². The van der Waals surface area contributed by atoms with Gasteiger partial charge in [0.15, 0.2) is 0 Å². The summed E-state index contributed by atoms with van der Waals surface area (Å²) < 4.78 is 5.78. The van der Waals surface area contributed by atoms with Gasteiger partial charge in [0, 0.05) is 31.2 Å². The van der Waals surface area contributed by atoms with Crippen molar-refractivity contribution >= 4 is 0 Å². The molecule has 3 nitrogen and oxygen atoms in total. The van der Waals surface area contributed by atoms with Crippen molar-refractivity contribution in [2.75, 3.05) is 26.2 Å². The lowest BCUT2D eigenvalue weighted by Gasteiger charge is -2.36. The van der Waals surface area contributed by atoms with Crippen molar-refractivity contribution in [2.24, 2.45) is 0 Å². The first-order valence-electron chi connectivity index (χ1n) is 6.20. The molecule has 2 fully saturated rings. The molecule has 1 atom stereocenters. The van der Waals surface area contributed by atoms with Gasteiger partial charge in [-0.1, -0.05) is 0 Å². The third kappa shape index (κ3) is 3.16. The van der Waals surface area contributed by atoms with Crippen molar-refractivity contribution in [3.8, 4) is 0 Å². The van der Waals surface area contributed by atoms with Crippen molar-refractivity contribution in [3.63, 3.8) is 0 Å². The van der Waals surface area contributed by atoms with Crippen LogP contribution in [0.1, 0.15) is 33.6 Å². The molecule has 2 rings (SSSR count). The second kappa shape index (κ2) is 4.40. The van der Waals surface area contributed by atoms with E-state index in [0.717, 1.165) is 26.2 Å². The lowest BCUT2D eigenvalue weighted by Crippen LogP contribution is -2.50. The first-order chi connectivity index (χ1) is 7.09. The molecule has 0 aromatic carbocycles. The topological polar surface area (TPSA) is 24.5 Å². The predicted molar refractivity (Wildman–Crippen MR) is 62.1 cm³/mol. The van der Waals surface area contributed by atoms with Gasteiger partial charge in [-0.3, -0.25) is 4.90 Å². The van der Waals surface area contributed by atoms with Crippen LogP contribution in [0.5, 0.6) is 0 Å². The fraction of sp³-hybridized carbons (Fsp3) is 1.00. The van der Waals surface area contributed by atoms with E-state index < -0.39 is 0 Å². The van der Waals surface area contributed by atoms with Gasteiger partial charge >= 0.3 is 0 Å². The Bertz CT molecular complexity index is 214. The Morgan fingerprint density at radius 3 is 2.80 bits per heavy atom. The number of morpholine rings is 1. The summed E-state index contributed by atoms with van der Waals surface area (Å²) in [6.45, 7) is 10.9. The van der Waals surface area contributed by atoms with Crippen molar-refractivity contribution < 1.29 is 4.74 Å². The fourth-order valence-corrected chi connectivity index (χ4v) is 2.06. The van der Waals surface area contributed by atoms with Crippen LogP contribution in [0.15, 0.2) is 0 Å². The molecular formula is C12H24N2O. The van der Waals surface area contributed by atoms with Crippen LogP contribution in [0, 0.1) is 0 Å². The minimum Gasteiger partial charge on any atom is -0.374 e. The van der Waals surface area contributed by atoms with E-state index in [-0.39, 0.29) is 0 Å². The summed E-state index contributed by atoms with van der Waals surface area (Å²) in [6.07, 6.45) is 3.04. The molecule has 15 heavy (non-hydrogen) atoms. The standard InChI is InChI=1S/C12H24N2O/c1-10(2)14-6-7-15-11(9-14)8-13-12(3)4-5-12/h10-11,13H,4-9H2,1-3H3. The number of ether oxygens (including phenoxy) is 1. The molecule has 2 aliphatic rings. The van der Waals surface area contributed by atoms with Crippen LogP contribution in [-0.2, 0) is 4.74 Å². The maximum absolute atomic E-state index is 5.78. The molecule has 0 bridgehead atoms. The van der Waals surface area contributed by atoms with Crippen LogP contribution in [0.3, 0.4) is 0 Å². The van der Waals surface area contributed by atoms with Crippen LogP contribution < -0.4 is 5.32 Å². The molecule has 1 unspecified atom stereocenters. The molecule has 1 aliphatic heterocycles. The molecule has 0 radical (unpaired) electrons. The smallest absolute Gasteiger partial charge is 0.0827 e. The largest absolute Gasteiger partial charge is 0.374 e. The SMILES string of the molecule is CC(C)N1CCOC(CNC2(C)CC2)C1. The number of nitrogens with one attached hydrogen (secondary N) is 1. The zero-order valence-corrected chi connectivity index (χ0v) is 10.3. The van der Waals surface area contributed by atoms with E-state index in [2.05, 4.69) is 31.0 Å². The van der Waals surface area contributed by atoms with Gasteiger partial charge in [-0.05, 0) is 33.6 Å². The van der Waals surface area contributed by atoms with Crippen molar-refractivity contribution in [3.05, 3.63) is 0 Å². The van der Waals surface area contributed by atoms with Gasteiger partial charge in [0.25, 0.3) is 0 Å². The number of rotatable bonds is 4. The zero-order valence-electron chi connectivity index (χ0n) is 10.3. The van der Waals surface area contributed by atoms with E-state index in [4.69, 9.17) is 4.74 Å². The number of hydrogen-bond donors (Lipinski definition) is 1. The summed E-state index contributed by atoms with van der Waals surface area (Å²) >= 11 is 0. The molecule has 1 heterocycles. The number of nitrogens with zero attached hydrogens (tertiary/aromatic N) is 1. The Morgan fingerprint density at radius 1 is 1.47 bits per heavy atom. The Hall–Kier alpha value is -0.120. The lowest BCUT2D eigenvalue weighted by atomic mass is 10.2. The normalized spacial score (nSPS) is 30.8. The molecule has 0 aromatic rings. The first kappa shape index (κ1) is 11.4. The first-order valence-corrected chi connectivity index (χ1v) is 6.20. The van der Waals surface area contributed by atoms with E-state index >= 15 is 0 Å². The Labute approximate surface area is 93.2 Å².